The lowest BCUT2D eigenvalue weighted by atomic mass is 10.2. The molecule has 1 aromatic rings. The van der Waals surface area contributed by atoms with Gasteiger partial charge in [-0.1, -0.05) is 22.0 Å². The lowest BCUT2D eigenvalue weighted by Crippen LogP contribution is -2.26. The van der Waals surface area contributed by atoms with Crippen LogP contribution in [0.25, 0.3) is 0 Å². The van der Waals surface area contributed by atoms with Gasteiger partial charge in [-0.15, -0.1) is 0 Å². The van der Waals surface area contributed by atoms with E-state index in [4.69, 9.17) is 10.4 Å². The number of hydrogen-bond donors (Lipinski definition) is 1. The molecule has 0 aromatic heterocycles. The molecule has 0 bridgehead atoms. The van der Waals surface area contributed by atoms with Crippen molar-refractivity contribution in [3.8, 4) is 6.07 Å². The largest absolute Gasteiger partial charge is 0.392 e. The average Bonchev–Trinajstić information content (AvgIpc) is 3.14. The van der Waals surface area contributed by atoms with E-state index in [1.165, 1.54) is 12.8 Å². The Balaban J connectivity index is 2.18. The summed E-state index contributed by atoms with van der Waals surface area (Å²) in [5, 5.41) is 17.8. The van der Waals surface area contributed by atoms with E-state index >= 15 is 0 Å². The second kappa shape index (κ2) is 5.52. The van der Waals surface area contributed by atoms with Crippen LogP contribution in [0.2, 0.25) is 0 Å². The molecule has 3 nitrogen and oxygen atoms in total. The number of aliphatic hydroxyl groups excluding tert-OH is 1. The van der Waals surface area contributed by atoms with Crippen LogP contribution in [0.4, 0.5) is 5.69 Å². The normalized spacial score (nSPS) is 14.4. The number of rotatable bonds is 5. The van der Waals surface area contributed by atoms with E-state index in [1.54, 1.807) is 0 Å². The highest BCUT2D eigenvalue weighted by Crippen LogP contribution is 2.33. The van der Waals surface area contributed by atoms with Gasteiger partial charge >= 0.3 is 0 Å². The fourth-order valence-electron chi connectivity index (χ4n) is 1.92. The van der Waals surface area contributed by atoms with E-state index in [-0.39, 0.29) is 6.61 Å². The van der Waals surface area contributed by atoms with Crippen molar-refractivity contribution in [2.75, 3.05) is 11.4 Å². The molecule has 0 spiro atoms. The summed E-state index contributed by atoms with van der Waals surface area (Å²) in [5.41, 5.74) is 2.02. The van der Waals surface area contributed by atoms with E-state index in [0.717, 1.165) is 22.3 Å². The van der Waals surface area contributed by atoms with E-state index < -0.39 is 0 Å². The summed E-state index contributed by atoms with van der Waals surface area (Å²) in [6, 6.07) is 8.77. The number of halogens is 1. The molecule has 0 saturated heterocycles. The monoisotopic (exact) mass is 294 g/mol. The Morgan fingerprint density at radius 2 is 2.24 bits per heavy atom. The highest BCUT2D eigenvalue weighted by molar-refractivity contribution is 9.10. The van der Waals surface area contributed by atoms with Crippen LogP contribution in [-0.4, -0.2) is 17.7 Å². The van der Waals surface area contributed by atoms with Gasteiger partial charge in [-0.3, -0.25) is 0 Å². The van der Waals surface area contributed by atoms with Crippen molar-refractivity contribution < 1.29 is 5.11 Å². The summed E-state index contributed by atoms with van der Waals surface area (Å²) in [5.74, 6) is 0. The first-order valence-corrected chi connectivity index (χ1v) is 6.58. The number of benzene rings is 1. The lowest BCUT2D eigenvalue weighted by Gasteiger charge is -2.24. The zero-order valence-electron chi connectivity index (χ0n) is 9.56. The molecule has 0 radical (unpaired) electrons. The Bertz CT molecular complexity index is 438. The van der Waals surface area contributed by atoms with E-state index in [2.05, 4.69) is 26.9 Å². The molecule has 0 aliphatic heterocycles. The Hall–Kier alpha value is -1.05. The van der Waals surface area contributed by atoms with Gasteiger partial charge in [0.2, 0.25) is 0 Å². The Morgan fingerprint density at radius 3 is 2.76 bits per heavy atom. The predicted octanol–water partition coefficient (Wildman–Crippen LogP) is 2.82. The highest BCUT2D eigenvalue weighted by atomic mass is 79.9. The first-order chi connectivity index (χ1) is 8.26. The van der Waals surface area contributed by atoms with Gasteiger partial charge in [-0.2, -0.15) is 5.26 Å². The average molecular weight is 295 g/mol. The molecule has 0 unspecified atom stereocenters. The standard InChI is InChI=1S/C13H15BrN2O/c14-13-8-12(3-2-10(13)9-17)16(7-1-6-15)11-4-5-11/h2-3,8,11,17H,1,4-5,7,9H2. The summed E-state index contributed by atoms with van der Waals surface area (Å²) in [7, 11) is 0. The molecule has 1 fully saturated rings. The molecule has 0 heterocycles. The zero-order chi connectivity index (χ0) is 12.3. The fraction of sp³-hybridized carbons (Fsp3) is 0.462. The zero-order valence-corrected chi connectivity index (χ0v) is 11.2. The van der Waals surface area contributed by atoms with Crippen molar-refractivity contribution in [2.45, 2.75) is 31.9 Å². The van der Waals surface area contributed by atoms with Crippen LogP contribution >= 0.6 is 15.9 Å². The van der Waals surface area contributed by atoms with Crippen LogP contribution in [0.5, 0.6) is 0 Å². The maximum Gasteiger partial charge on any atom is 0.0692 e. The maximum atomic E-state index is 9.12. The van der Waals surface area contributed by atoms with Crippen molar-refractivity contribution >= 4 is 21.6 Å². The van der Waals surface area contributed by atoms with Gasteiger partial charge < -0.3 is 10.0 Å². The van der Waals surface area contributed by atoms with Gasteiger partial charge in [0.25, 0.3) is 0 Å². The van der Waals surface area contributed by atoms with Gasteiger partial charge in [0.1, 0.15) is 0 Å². The third-order valence-electron chi connectivity index (χ3n) is 2.99. The minimum absolute atomic E-state index is 0.0441. The van der Waals surface area contributed by atoms with Crippen molar-refractivity contribution in [1.82, 2.24) is 0 Å². The molecule has 90 valence electrons. The van der Waals surface area contributed by atoms with Crippen LogP contribution in [0.15, 0.2) is 22.7 Å². The van der Waals surface area contributed by atoms with Crippen molar-refractivity contribution in [2.24, 2.45) is 0 Å². The summed E-state index contributed by atoms with van der Waals surface area (Å²) >= 11 is 3.46. The highest BCUT2D eigenvalue weighted by Gasteiger charge is 2.29. The molecule has 0 amide bonds. The third kappa shape index (κ3) is 2.99. The Kier molecular flexibility index (Phi) is 4.03. The molecule has 0 atom stereocenters. The number of hydrogen-bond acceptors (Lipinski definition) is 3. The van der Waals surface area contributed by atoms with Crippen LogP contribution in [0, 0.1) is 11.3 Å². The first kappa shape index (κ1) is 12.4. The minimum Gasteiger partial charge on any atom is -0.392 e. The van der Waals surface area contributed by atoms with Gasteiger partial charge in [0.15, 0.2) is 0 Å². The maximum absolute atomic E-state index is 9.12. The molecular formula is C13H15BrN2O. The number of nitrogens with zero attached hydrogens (tertiary/aromatic N) is 2. The smallest absolute Gasteiger partial charge is 0.0692 e. The van der Waals surface area contributed by atoms with Gasteiger partial charge in [0, 0.05) is 22.7 Å². The van der Waals surface area contributed by atoms with Crippen molar-refractivity contribution in [3.63, 3.8) is 0 Å². The minimum atomic E-state index is 0.0441. The molecule has 4 heteroatoms. The summed E-state index contributed by atoms with van der Waals surface area (Å²) in [4.78, 5) is 2.29. The Labute approximate surface area is 110 Å². The second-order valence-electron chi connectivity index (χ2n) is 4.27. The van der Waals surface area contributed by atoms with E-state index in [0.29, 0.717) is 12.5 Å². The number of anilines is 1. The molecule has 1 aromatic carbocycles. The molecule has 2 rings (SSSR count). The van der Waals surface area contributed by atoms with Gasteiger partial charge in [-0.25, -0.2) is 0 Å². The molecule has 1 aliphatic rings. The third-order valence-corrected chi connectivity index (χ3v) is 3.73. The molecule has 1 saturated carbocycles. The first-order valence-electron chi connectivity index (χ1n) is 5.79. The Morgan fingerprint density at radius 1 is 1.47 bits per heavy atom. The molecule has 17 heavy (non-hydrogen) atoms. The number of aliphatic hydroxyl groups is 1. The molecule has 1 aliphatic carbocycles. The lowest BCUT2D eigenvalue weighted by molar-refractivity contribution is 0.281. The predicted molar refractivity (Wildman–Crippen MR) is 70.7 cm³/mol. The second-order valence-corrected chi connectivity index (χ2v) is 5.12. The van der Waals surface area contributed by atoms with Gasteiger partial charge in [-0.05, 0) is 30.5 Å². The summed E-state index contributed by atoms with van der Waals surface area (Å²) in [6.07, 6.45) is 2.98. The van der Waals surface area contributed by atoms with Crippen molar-refractivity contribution in [1.29, 1.82) is 5.26 Å². The van der Waals surface area contributed by atoms with Crippen LogP contribution < -0.4 is 4.90 Å². The molecular weight excluding hydrogens is 280 g/mol. The van der Waals surface area contributed by atoms with Crippen LogP contribution in [-0.2, 0) is 6.61 Å². The quantitative estimate of drug-likeness (QED) is 0.908. The van der Waals surface area contributed by atoms with Gasteiger partial charge in [0.05, 0.1) is 19.1 Å². The SMILES string of the molecule is N#CCCN(c1ccc(CO)c(Br)c1)C1CC1. The summed E-state index contributed by atoms with van der Waals surface area (Å²) in [6.45, 7) is 0.828. The van der Waals surface area contributed by atoms with Crippen LogP contribution in [0.1, 0.15) is 24.8 Å². The molecule has 1 N–H and O–H groups in total. The number of nitriles is 1. The topological polar surface area (TPSA) is 47.3 Å². The summed E-state index contributed by atoms with van der Waals surface area (Å²) < 4.78 is 0.931. The van der Waals surface area contributed by atoms with E-state index in [1.807, 2.05) is 18.2 Å². The van der Waals surface area contributed by atoms with Crippen LogP contribution in [0.3, 0.4) is 0 Å². The van der Waals surface area contributed by atoms with E-state index in [9.17, 15) is 0 Å². The fourth-order valence-corrected chi connectivity index (χ4v) is 2.41. The van der Waals surface area contributed by atoms with Crippen molar-refractivity contribution in [3.05, 3.63) is 28.2 Å².